The van der Waals surface area contributed by atoms with Crippen molar-refractivity contribution in [1.29, 1.82) is 0 Å². The molecule has 238 valence electrons. The van der Waals surface area contributed by atoms with Crippen LogP contribution in [0.15, 0.2) is 0 Å². The van der Waals surface area contributed by atoms with Gasteiger partial charge in [0.25, 0.3) is 0 Å². The van der Waals surface area contributed by atoms with Crippen LogP contribution in [0.5, 0.6) is 0 Å². The molecule has 0 aromatic carbocycles. The Morgan fingerprint density at radius 1 is 0.550 bits per heavy atom. The first-order chi connectivity index (χ1) is 19.7. The zero-order valence-corrected chi connectivity index (χ0v) is 26.3. The largest absolute Gasteiger partial charge is 0.354 e. The van der Waals surface area contributed by atoms with E-state index in [0.717, 1.165) is 84.1 Å². The molecule has 0 saturated carbocycles. The lowest BCUT2D eigenvalue weighted by molar-refractivity contribution is -0.129. The summed E-state index contributed by atoms with van der Waals surface area (Å²) < 4.78 is 0. The van der Waals surface area contributed by atoms with Crippen molar-refractivity contribution in [3.05, 3.63) is 0 Å². The molecule has 8 heteroatoms. The second-order valence-electron chi connectivity index (χ2n) is 11.4. The van der Waals surface area contributed by atoms with E-state index < -0.39 is 6.04 Å². The normalized spacial score (nSPS) is 12.0. The minimum Gasteiger partial charge on any atom is -0.354 e. The summed E-state index contributed by atoms with van der Waals surface area (Å²) in [4.78, 5) is 25.3. The Kier molecular flexibility index (Phi) is 31.3. The summed E-state index contributed by atoms with van der Waals surface area (Å²) in [6.45, 7) is 8.14. The SMILES string of the molecule is CCCCCCCCCCCCCCCC(=O)N[C@H](CCCCN)C(=O)NCCCNCCCCNCCCN. The molecule has 0 unspecified atom stereocenters. The molecule has 0 saturated heterocycles. The van der Waals surface area contributed by atoms with E-state index in [4.69, 9.17) is 11.5 Å². The van der Waals surface area contributed by atoms with Gasteiger partial charge in [0, 0.05) is 13.0 Å². The summed E-state index contributed by atoms with van der Waals surface area (Å²) in [6, 6.07) is -0.458. The molecule has 0 spiro atoms. The van der Waals surface area contributed by atoms with Crippen molar-refractivity contribution in [2.45, 2.75) is 148 Å². The predicted molar refractivity (Wildman–Crippen MR) is 171 cm³/mol. The third-order valence-corrected chi connectivity index (χ3v) is 7.45. The number of amides is 2. The van der Waals surface area contributed by atoms with Gasteiger partial charge >= 0.3 is 0 Å². The van der Waals surface area contributed by atoms with Crippen molar-refractivity contribution in [2.24, 2.45) is 11.5 Å². The molecule has 0 aromatic heterocycles. The number of nitrogens with two attached hydrogens (primary N) is 2. The quantitative estimate of drug-likeness (QED) is 0.0640. The zero-order valence-electron chi connectivity index (χ0n) is 26.3. The average Bonchev–Trinajstić information content (AvgIpc) is 2.95. The number of hydrogen-bond acceptors (Lipinski definition) is 6. The van der Waals surface area contributed by atoms with Crippen LogP contribution in [0.1, 0.15) is 142 Å². The van der Waals surface area contributed by atoms with Crippen LogP contribution in [0.2, 0.25) is 0 Å². The van der Waals surface area contributed by atoms with Crippen molar-refractivity contribution >= 4 is 11.8 Å². The van der Waals surface area contributed by atoms with Gasteiger partial charge < -0.3 is 32.7 Å². The summed E-state index contributed by atoms with van der Waals surface area (Å²) in [7, 11) is 0. The van der Waals surface area contributed by atoms with Crippen LogP contribution in [0, 0.1) is 0 Å². The highest BCUT2D eigenvalue weighted by atomic mass is 16.2. The molecule has 1 atom stereocenters. The van der Waals surface area contributed by atoms with Gasteiger partial charge in [-0.2, -0.15) is 0 Å². The monoisotopic (exact) mass is 569 g/mol. The fourth-order valence-electron chi connectivity index (χ4n) is 4.86. The number of hydrogen-bond donors (Lipinski definition) is 6. The lowest BCUT2D eigenvalue weighted by atomic mass is 10.0. The topological polar surface area (TPSA) is 134 Å². The second-order valence-corrected chi connectivity index (χ2v) is 11.4. The highest BCUT2D eigenvalue weighted by Gasteiger charge is 2.19. The van der Waals surface area contributed by atoms with Crippen molar-refractivity contribution in [1.82, 2.24) is 21.3 Å². The van der Waals surface area contributed by atoms with Gasteiger partial charge in [-0.3, -0.25) is 9.59 Å². The Morgan fingerprint density at radius 3 is 1.60 bits per heavy atom. The summed E-state index contributed by atoms with van der Waals surface area (Å²) in [6.07, 6.45) is 23.8. The van der Waals surface area contributed by atoms with Gasteiger partial charge in [0.1, 0.15) is 6.04 Å². The van der Waals surface area contributed by atoms with Crippen LogP contribution in [0.25, 0.3) is 0 Å². The molecule has 8 N–H and O–H groups in total. The van der Waals surface area contributed by atoms with E-state index in [1.165, 1.54) is 70.6 Å². The molecular formula is C32H68N6O2. The first-order valence-corrected chi connectivity index (χ1v) is 17.0. The zero-order chi connectivity index (χ0) is 29.4. The van der Waals surface area contributed by atoms with Gasteiger partial charge in [0.05, 0.1) is 0 Å². The number of carbonyl (C=O) groups excluding carboxylic acids is 2. The molecule has 0 aromatic rings. The molecule has 0 radical (unpaired) electrons. The Labute approximate surface area is 247 Å². The maximum Gasteiger partial charge on any atom is 0.242 e. The van der Waals surface area contributed by atoms with E-state index in [9.17, 15) is 9.59 Å². The lowest BCUT2D eigenvalue weighted by Gasteiger charge is -2.18. The highest BCUT2D eigenvalue weighted by molar-refractivity contribution is 5.87. The smallest absolute Gasteiger partial charge is 0.242 e. The number of carbonyl (C=O) groups is 2. The van der Waals surface area contributed by atoms with Gasteiger partial charge in [-0.15, -0.1) is 0 Å². The minimum atomic E-state index is -0.458. The van der Waals surface area contributed by atoms with Crippen LogP contribution in [0.3, 0.4) is 0 Å². The Morgan fingerprint density at radius 2 is 1.05 bits per heavy atom. The first-order valence-electron chi connectivity index (χ1n) is 17.0. The Balaban J connectivity index is 3.87. The number of nitrogens with one attached hydrogen (secondary N) is 4. The van der Waals surface area contributed by atoms with Gasteiger partial charge in [-0.05, 0) is 90.6 Å². The van der Waals surface area contributed by atoms with Gasteiger partial charge in [-0.25, -0.2) is 0 Å². The summed E-state index contributed by atoms with van der Waals surface area (Å²) in [5.41, 5.74) is 11.1. The van der Waals surface area contributed by atoms with E-state index in [1.54, 1.807) is 0 Å². The van der Waals surface area contributed by atoms with E-state index in [2.05, 4.69) is 28.2 Å². The third kappa shape index (κ3) is 28.3. The van der Waals surface area contributed by atoms with Gasteiger partial charge in [0.2, 0.25) is 11.8 Å². The second kappa shape index (κ2) is 32.3. The van der Waals surface area contributed by atoms with Crippen molar-refractivity contribution < 1.29 is 9.59 Å². The number of rotatable bonds is 32. The molecular weight excluding hydrogens is 500 g/mol. The van der Waals surface area contributed by atoms with Crippen molar-refractivity contribution in [3.8, 4) is 0 Å². The minimum absolute atomic E-state index is 0.00449. The van der Waals surface area contributed by atoms with Crippen molar-refractivity contribution in [3.63, 3.8) is 0 Å². The highest BCUT2D eigenvalue weighted by Crippen LogP contribution is 2.13. The van der Waals surface area contributed by atoms with E-state index in [1.807, 2.05) is 0 Å². The van der Waals surface area contributed by atoms with E-state index >= 15 is 0 Å². The van der Waals surface area contributed by atoms with Gasteiger partial charge in [0.15, 0.2) is 0 Å². The molecule has 0 aliphatic carbocycles. The van der Waals surface area contributed by atoms with E-state index in [0.29, 0.717) is 25.9 Å². The molecule has 0 bridgehead atoms. The lowest BCUT2D eigenvalue weighted by Crippen LogP contribution is -2.47. The molecule has 2 amide bonds. The summed E-state index contributed by atoms with van der Waals surface area (Å²) in [5, 5.41) is 12.8. The Hall–Kier alpha value is -1.22. The first kappa shape index (κ1) is 38.8. The Bertz CT molecular complexity index is 549. The maximum atomic E-state index is 12.8. The molecule has 0 rings (SSSR count). The van der Waals surface area contributed by atoms with Crippen LogP contribution in [-0.4, -0.2) is 63.7 Å². The van der Waals surface area contributed by atoms with E-state index in [-0.39, 0.29) is 11.8 Å². The van der Waals surface area contributed by atoms with Crippen LogP contribution in [-0.2, 0) is 9.59 Å². The molecule has 40 heavy (non-hydrogen) atoms. The molecule has 0 aliphatic heterocycles. The third-order valence-electron chi connectivity index (χ3n) is 7.45. The summed E-state index contributed by atoms with van der Waals surface area (Å²) >= 11 is 0. The molecule has 0 aliphatic rings. The fourth-order valence-corrected chi connectivity index (χ4v) is 4.86. The molecule has 8 nitrogen and oxygen atoms in total. The van der Waals surface area contributed by atoms with Crippen LogP contribution < -0.4 is 32.7 Å². The van der Waals surface area contributed by atoms with Crippen molar-refractivity contribution in [2.75, 3.05) is 45.8 Å². The maximum absolute atomic E-state index is 12.8. The van der Waals surface area contributed by atoms with Crippen LogP contribution >= 0.6 is 0 Å². The standard InChI is InChI=1S/C32H68N6O2/c1-2-3-4-5-6-7-8-9-10-11-12-13-14-22-31(39)38-30(21-15-16-23-33)32(40)37-29-20-28-36-26-18-17-25-35-27-19-24-34/h30,35-36H,2-29,33-34H2,1H3,(H,37,40)(H,38,39)/t30-/m1/s1. The fraction of sp³-hybridized carbons (Fsp3) is 0.938. The molecule has 0 heterocycles. The number of unbranched alkanes of at least 4 members (excludes halogenated alkanes) is 14. The predicted octanol–water partition coefficient (Wildman–Crippen LogP) is 4.90. The average molecular weight is 569 g/mol. The van der Waals surface area contributed by atoms with Crippen LogP contribution in [0.4, 0.5) is 0 Å². The summed E-state index contributed by atoms with van der Waals surface area (Å²) in [5.74, 6) is -0.0746. The van der Waals surface area contributed by atoms with Gasteiger partial charge in [-0.1, -0.05) is 84.0 Å². The molecule has 0 fully saturated rings.